The number of aryl methyl sites for hydroxylation is 1. The second-order valence-electron chi connectivity index (χ2n) is 8.40. The van der Waals surface area contributed by atoms with Crippen molar-refractivity contribution < 1.29 is 14.0 Å². The van der Waals surface area contributed by atoms with E-state index in [-0.39, 0.29) is 28.9 Å². The number of anilines is 3. The van der Waals surface area contributed by atoms with Gasteiger partial charge >= 0.3 is 6.03 Å². The molecule has 0 aliphatic carbocycles. The fourth-order valence-electron chi connectivity index (χ4n) is 3.55. The maximum absolute atomic E-state index is 15.1. The number of rotatable bonds is 6. The SMILES string of the molecule is Cc1cccc(NC(=O)Nc2ccc(-c3c(C(=O)NCC(C)C)cn4ncnc(N)c34)cc2F)n1. The molecule has 0 atom stereocenters. The predicted octanol–water partition coefficient (Wildman–Crippen LogP) is 3.85. The summed E-state index contributed by atoms with van der Waals surface area (Å²) in [5, 5.41) is 12.0. The van der Waals surface area contributed by atoms with Crippen molar-refractivity contribution in [3.8, 4) is 11.1 Å². The molecular formula is C24H25FN8O2. The van der Waals surface area contributed by atoms with Crippen molar-refractivity contribution in [2.45, 2.75) is 20.8 Å². The number of pyridine rings is 1. The van der Waals surface area contributed by atoms with Crippen LogP contribution in [-0.4, -0.2) is 38.1 Å². The van der Waals surface area contributed by atoms with Gasteiger partial charge in [0.15, 0.2) is 5.82 Å². The molecule has 35 heavy (non-hydrogen) atoms. The molecule has 3 heterocycles. The average molecular weight is 477 g/mol. The second-order valence-corrected chi connectivity index (χ2v) is 8.40. The number of carbonyl (C=O) groups is 2. The number of amides is 3. The second kappa shape index (κ2) is 9.75. The summed E-state index contributed by atoms with van der Waals surface area (Å²) in [6.07, 6.45) is 2.81. The molecular weight excluding hydrogens is 451 g/mol. The van der Waals surface area contributed by atoms with E-state index in [1.54, 1.807) is 31.2 Å². The van der Waals surface area contributed by atoms with Gasteiger partial charge in [0.1, 0.15) is 23.5 Å². The fraction of sp³-hybridized carbons (Fsp3) is 0.208. The lowest BCUT2D eigenvalue weighted by Gasteiger charge is -2.11. The lowest BCUT2D eigenvalue weighted by atomic mass is 10.0. The van der Waals surface area contributed by atoms with Crippen molar-refractivity contribution in [1.29, 1.82) is 0 Å². The van der Waals surface area contributed by atoms with Crippen molar-refractivity contribution in [3.63, 3.8) is 0 Å². The number of nitrogen functional groups attached to an aromatic ring is 1. The first-order valence-corrected chi connectivity index (χ1v) is 10.9. The Bertz CT molecular complexity index is 1420. The summed E-state index contributed by atoms with van der Waals surface area (Å²) in [5.74, 6) is -0.310. The molecule has 0 saturated carbocycles. The van der Waals surface area contributed by atoms with Crippen LogP contribution in [0.15, 0.2) is 48.9 Å². The van der Waals surface area contributed by atoms with Crippen LogP contribution < -0.4 is 21.7 Å². The van der Waals surface area contributed by atoms with Gasteiger partial charge in [-0.15, -0.1) is 0 Å². The predicted molar refractivity (Wildman–Crippen MR) is 132 cm³/mol. The Morgan fingerprint density at radius 2 is 1.97 bits per heavy atom. The molecule has 0 aliphatic heterocycles. The Kier molecular flexibility index (Phi) is 6.58. The summed E-state index contributed by atoms with van der Waals surface area (Å²) in [6, 6.07) is 8.75. The van der Waals surface area contributed by atoms with Crippen LogP contribution in [-0.2, 0) is 0 Å². The molecule has 180 valence electrons. The standard InChI is InChI=1S/C24H25FN8O2/c1-13(2)10-27-23(34)16-11-33-21(22(26)28-12-29-33)20(16)15-7-8-18(17(25)9-15)31-24(35)32-19-6-4-5-14(3)30-19/h4-9,11-13H,10H2,1-3H3,(H,27,34)(H2,26,28,29)(H2,30,31,32,35). The number of nitrogens with zero attached hydrogens (tertiary/aromatic N) is 4. The molecule has 11 heteroatoms. The summed E-state index contributed by atoms with van der Waals surface area (Å²) >= 11 is 0. The van der Waals surface area contributed by atoms with Crippen LogP contribution >= 0.6 is 0 Å². The number of benzene rings is 1. The molecule has 10 nitrogen and oxygen atoms in total. The first-order valence-electron chi connectivity index (χ1n) is 10.9. The van der Waals surface area contributed by atoms with Crippen molar-refractivity contribution in [2.24, 2.45) is 5.92 Å². The molecule has 3 amide bonds. The van der Waals surface area contributed by atoms with E-state index in [2.05, 4.69) is 31.0 Å². The summed E-state index contributed by atoms with van der Waals surface area (Å²) in [4.78, 5) is 33.5. The molecule has 3 aromatic heterocycles. The van der Waals surface area contributed by atoms with Gasteiger partial charge in [0.25, 0.3) is 5.91 Å². The third kappa shape index (κ3) is 5.18. The molecule has 0 spiro atoms. The van der Waals surface area contributed by atoms with Crippen molar-refractivity contribution >= 4 is 34.8 Å². The van der Waals surface area contributed by atoms with E-state index in [4.69, 9.17) is 5.73 Å². The third-order valence-electron chi connectivity index (χ3n) is 5.15. The van der Waals surface area contributed by atoms with E-state index < -0.39 is 11.8 Å². The summed E-state index contributed by atoms with van der Waals surface area (Å²) < 4.78 is 16.5. The van der Waals surface area contributed by atoms with Crippen LogP contribution in [0, 0.1) is 18.7 Å². The normalized spacial score (nSPS) is 11.0. The lowest BCUT2D eigenvalue weighted by molar-refractivity contribution is 0.0949. The number of nitrogens with one attached hydrogen (secondary N) is 3. The number of urea groups is 1. The van der Waals surface area contributed by atoms with Gasteiger partial charge in [-0.25, -0.2) is 23.7 Å². The Morgan fingerprint density at radius 3 is 2.69 bits per heavy atom. The summed E-state index contributed by atoms with van der Waals surface area (Å²) in [7, 11) is 0. The molecule has 1 aromatic carbocycles. The van der Waals surface area contributed by atoms with Gasteiger partial charge in [0.05, 0.1) is 11.3 Å². The topological polar surface area (TPSA) is 139 Å². The Morgan fingerprint density at radius 1 is 1.17 bits per heavy atom. The Hall–Kier alpha value is -4.54. The van der Waals surface area contributed by atoms with Crippen molar-refractivity contribution in [3.05, 3.63) is 66.0 Å². The lowest BCUT2D eigenvalue weighted by Crippen LogP contribution is -2.27. The van der Waals surface area contributed by atoms with E-state index in [1.165, 1.54) is 29.2 Å². The highest BCUT2D eigenvalue weighted by atomic mass is 19.1. The first-order chi connectivity index (χ1) is 16.7. The molecule has 0 saturated heterocycles. The van der Waals surface area contributed by atoms with Crippen molar-refractivity contribution in [2.75, 3.05) is 22.9 Å². The quantitative estimate of drug-likeness (QED) is 0.333. The van der Waals surface area contributed by atoms with Crippen LogP contribution in [0.5, 0.6) is 0 Å². The largest absolute Gasteiger partial charge is 0.382 e. The summed E-state index contributed by atoms with van der Waals surface area (Å²) in [5.41, 5.74) is 8.20. The smallest absolute Gasteiger partial charge is 0.324 e. The van der Waals surface area contributed by atoms with Crippen LogP contribution in [0.1, 0.15) is 29.9 Å². The van der Waals surface area contributed by atoms with Crippen LogP contribution in [0.25, 0.3) is 16.6 Å². The minimum absolute atomic E-state index is 0.0440. The number of hydrogen-bond donors (Lipinski definition) is 4. The van der Waals surface area contributed by atoms with Gasteiger partial charge in [-0.2, -0.15) is 5.10 Å². The molecule has 0 fully saturated rings. The number of carbonyl (C=O) groups excluding carboxylic acids is 2. The highest BCUT2D eigenvalue weighted by Gasteiger charge is 2.22. The number of nitrogens with two attached hydrogens (primary N) is 1. The monoisotopic (exact) mass is 476 g/mol. The minimum Gasteiger partial charge on any atom is -0.382 e. The van der Waals surface area contributed by atoms with Gasteiger partial charge in [0, 0.05) is 24.0 Å². The van der Waals surface area contributed by atoms with Gasteiger partial charge in [-0.1, -0.05) is 26.0 Å². The molecule has 4 rings (SSSR count). The van der Waals surface area contributed by atoms with Crippen LogP contribution in [0.4, 0.5) is 26.5 Å². The molecule has 0 unspecified atom stereocenters. The number of hydrogen-bond acceptors (Lipinski definition) is 6. The molecule has 4 aromatic rings. The highest BCUT2D eigenvalue weighted by Crippen LogP contribution is 2.34. The molecule has 5 N–H and O–H groups in total. The van der Waals surface area contributed by atoms with Crippen LogP contribution in [0.3, 0.4) is 0 Å². The number of fused-ring (bicyclic) bond motifs is 1. The maximum Gasteiger partial charge on any atom is 0.324 e. The Labute approximate surface area is 200 Å². The average Bonchev–Trinajstić information content (AvgIpc) is 3.20. The Balaban J connectivity index is 1.66. The molecule has 0 bridgehead atoms. The van der Waals surface area contributed by atoms with E-state index in [1.807, 2.05) is 13.8 Å². The van der Waals surface area contributed by atoms with Crippen molar-refractivity contribution in [1.82, 2.24) is 24.9 Å². The van der Waals surface area contributed by atoms with E-state index in [0.29, 0.717) is 29.0 Å². The van der Waals surface area contributed by atoms with Gasteiger partial charge in [-0.05, 0) is 42.7 Å². The minimum atomic E-state index is -0.696. The van der Waals surface area contributed by atoms with Crippen LogP contribution in [0.2, 0.25) is 0 Å². The van der Waals surface area contributed by atoms with E-state index >= 15 is 4.39 Å². The van der Waals surface area contributed by atoms with E-state index in [9.17, 15) is 9.59 Å². The summed E-state index contributed by atoms with van der Waals surface area (Å²) in [6.45, 7) is 6.22. The van der Waals surface area contributed by atoms with Gasteiger partial charge in [-0.3, -0.25) is 10.1 Å². The van der Waals surface area contributed by atoms with Gasteiger partial charge < -0.3 is 16.4 Å². The maximum atomic E-state index is 15.1. The zero-order chi connectivity index (χ0) is 25.1. The molecule has 0 radical (unpaired) electrons. The zero-order valence-corrected chi connectivity index (χ0v) is 19.5. The third-order valence-corrected chi connectivity index (χ3v) is 5.15. The number of aromatic nitrogens is 4. The highest BCUT2D eigenvalue weighted by molar-refractivity contribution is 6.07. The fourth-order valence-corrected chi connectivity index (χ4v) is 3.55. The first kappa shape index (κ1) is 23.6. The van der Waals surface area contributed by atoms with E-state index in [0.717, 1.165) is 5.69 Å². The number of halogens is 1. The molecule has 0 aliphatic rings. The van der Waals surface area contributed by atoms with Gasteiger partial charge in [0.2, 0.25) is 0 Å². The zero-order valence-electron chi connectivity index (χ0n) is 19.5.